The number of nitrogens with zero attached hydrogens (tertiary/aromatic N) is 3. The van der Waals surface area contributed by atoms with E-state index in [0.29, 0.717) is 30.8 Å². The third-order valence-corrected chi connectivity index (χ3v) is 6.97. The first kappa shape index (κ1) is 21.9. The number of amides is 2. The number of H-pyrrole nitrogens is 1. The third kappa shape index (κ3) is 4.64. The summed E-state index contributed by atoms with van der Waals surface area (Å²) < 4.78 is 0. The van der Waals surface area contributed by atoms with Crippen molar-refractivity contribution in [2.75, 3.05) is 31.1 Å². The number of hydrogen-bond acceptors (Lipinski definition) is 4. The highest BCUT2D eigenvalue weighted by Crippen LogP contribution is 2.28. The highest BCUT2D eigenvalue weighted by molar-refractivity contribution is 5.93. The molecule has 3 heterocycles. The van der Waals surface area contributed by atoms with Crippen molar-refractivity contribution in [3.8, 4) is 6.07 Å². The van der Waals surface area contributed by atoms with Crippen LogP contribution in [0.3, 0.4) is 0 Å². The Morgan fingerprint density at radius 2 is 1.88 bits per heavy atom. The van der Waals surface area contributed by atoms with E-state index in [0.717, 1.165) is 37.9 Å². The van der Waals surface area contributed by atoms with Gasteiger partial charge in [-0.15, -0.1) is 0 Å². The van der Waals surface area contributed by atoms with Crippen LogP contribution in [0, 0.1) is 11.3 Å². The van der Waals surface area contributed by atoms with Gasteiger partial charge in [0.15, 0.2) is 0 Å². The number of benzene rings is 1. The third-order valence-electron chi connectivity index (χ3n) is 6.97. The summed E-state index contributed by atoms with van der Waals surface area (Å²) in [7, 11) is 0. The maximum absolute atomic E-state index is 13.1. The number of para-hydroxylation sites is 1. The predicted molar refractivity (Wildman–Crippen MR) is 123 cm³/mol. The minimum atomic E-state index is -0.334. The first-order valence-corrected chi connectivity index (χ1v) is 11.6. The lowest BCUT2D eigenvalue weighted by Crippen LogP contribution is -2.56. The minimum absolute atomic E-state index is 0.149. The molecule has 4 rings (SSSR count). The Kier molecular flexibility index (Phi) is 6.50. The molecule has 0 atom stereocenters. The van der Waals surface area contributed by atoms with Crippen LogP contribution in [-0.4, -0.2) is 53.4 Å². The first-order chi connectivity index (χ1) is 15.5. The Morgan fingerprint density at radius 1 is 1.16 bits per heavy atom. The van der Waals surface area contributed by atoms with Crippen LogP contribution in [0.25, 0.3) is 0 Å². The number of likely N-dealkylation sites (tertiary alicyclic amines) is 1. The Morgan fingerprint density at radius 3 is 2.53 bits per heavy atom. The molecule has 0 bridgehead atoms. The van der Waals surface area contributed by atoms with Crippen LogP contribution in [-0.2, 0) is 11.2 Å². The molecule has 0 saturated carbocycles. The number of carbonyl (C=O) groups is 2. The zero-order valence-electron chi connectivity index (χ0n) is 18.7. The van der Waals surface area contributed by atoms with Crippen molar-refractivity contribution in [3.05, 3.63) is 53.3 Å². The van der Waals surface area contributed by atoms with E-state index in [1.54, 1.807) is 6.07 Å². The molecule has 32 heavy (non-hydrogen) atoms. The van der Waals surface area contributed by atoms with Crippen molar-refractivity contribution in [1.29, 1.82) is 5.26 Å². The van der Waals surface area contributed by atoms with Crippen molar-refractivity contribution in [3.63, 3.8) is 0 Å². The molecule has 1 aromatic carbocycles. The quantitative estimate of drug-likeness (QED) is 0.732. The van der Waals surface area contributed by atoms with Crippen LogP contribution in [0.15, 0.2) is 36.5 Å². The van der Waals surface area contributed by atoms with Gasteiger partial charge in [0, 0.05) is 43.6 Å². The molecular formula is C25H31N5O2. The van der Waals surface area contributed by atoms with Gasteiger partial charge in [-0.05, 0) is 49.8 Å². The van der Waals surface area contributed by atoms with Gasteiger partial charge >= 0.3 is 0 Å². The molecule has 2 aromatic rings. The predicted octanol–water partition coefficient (Wildman–Crippen LogP) is 3.23. The van der Waals surface area contributed by atoms with E-state index in [1.165, 1.54) is 24.7 Å². The van der Waals surface area contributed by atoms with Gasteiger partial charge in [0.05, 0.1) is 12.0 Å². The van der Waals surface area contributed by atoms with Crippen molar-refractivity contribution in [1.82, 2.24) is 15.2 Å². The van der Waals surface area contributed by atoms with Crippen molar-refractivity contribution in [2.24, 2.45) is 0 Å². The maximum atomic E-state index is 13.1. The number of rotatable bonds is 6. The van der Waals surface area contributed by atoms with Gasteiger partial charge < -0.3 is 20.1 Å². The molecule has 7 nitrogen and oxygen atoms in total. The van der Waals surface area contributed by atoms with Gasteiger partial charge in [-0.3, -0.25) is 9.59 Å². The van der Waals surface area contributed by atoms with Crippen molar-refractivity contribution >= 4 is 17.5 Å². The molecule has 0 aliphatic carbocycles. The zero-order chi connectivity index (χ0) is 22.6. The van der Waals surface area contributed by atoms with Crippen LogP contribution in [0.1, 0.15) is 60.6 Å². The molecule has 2 amide bonds. The average Bonchev–Trinajstić information content (AvgIpc) is 3.52. The summed E-state index contributed by atoms with van der Waals surface area (Å²) in [5.41, 5.74) is 2.79. The average molecular weight is 434 g/mol. The lowest BCUT2D eigenvalue weighted by atomic mass is 9.84. The molecule has 2 saturated heterocycles. The standard InChI is InChI=1S/C25H31N5O2/c1-2-25(28-24(32)21-15-19(17-26)18-27-21)9-13-30(14-10-25)23(31)16-20-7-3-4-8-22(20)29-11-5-6-12-29/h3-4,7-8,15,18,27H,2,5-6,9-14,16H2,1H3,(H,28,32). The molecule has 2 aliphatic heterocycles. The molecule has 7 heteroatoms. The van der Waals surface area contributed by atoms with Gasteiger partial charge in [-0.2, -0.15) is 5.26 Å². The van der Waals surface area contributed by atoms with Gasteiger partial charge in [0.2, 0.25) is 5.91 Å². The van der Waals surface area contributed by atoms with E-state index in [4.69, 9.17) is 5.26 Å². The molecule has 0 radical (unpaired) electrons. The van der Waals surface area contributed by atoms with Gasteiger partial charge in [0.25, 0.3) is 5.91 Å². The van der Waals surface area contributed by atoms with Crippen LogP contribution >= 0.6 is 0 Å². The Balaban J connectivity index is 1.37. The fourth-order valence-electron chi connectivity index (χ4n) is 4.85. The van der Waals surface area contributed by atoms with E-state index in [9.17, 15) is 9.59 Å². The summed E-state index contributed by atoms with van der Waals surface area (Å²) in [6.45, 7) is 5.45. The van der Waals surface area contributed by atoms with Crippen LogP contribution in [0.4, 0.5) is 5.69 Å². The van der Waals surface area contributed by atoms with Crippen molar-refractivity contribution in [2.45, 2.75) is 51.0 Å². The second-order valence-corrected chi connectivity index (χ2v) is 8.88. The number of aromatic nitrogens is 1. The van der Waals surface area contributed by atoms with E-state index in [2.05, 4.69) is 34.3 Å². The first-order valence-electron chi connectivity index (χ1n) is 11.6. The number of aromatic amines is 1. The van der Waals surface area contributed by atoms with E-state index in [-0.39, 0.29) is 17.4 Å². The van der Waals surface area contributed by atoms with Crippen LogP contribution < -0.4 is 10.2 Å². The zero-order valence-corrected chi connectivity index (χ0v) is 18.7. The topological polar surface area (TPSA) is 92.2 Å². The van der Waals surface area contributed by atoms with Crippen molar-refractivity contribution < 1.29 is 9.59 Å². The molecule has 0 unspecified atom stereocenters. The summed E-state index contributed by atoms with van der Waals surface area (Å²) in [6.07, 6.45) is 6.61. The summed E-state index contributed by atoms with van der Waals surface area (Å²) in [5.74, 6) is -0.0524. The molecular weight excluding hydrogens is 402 g/mol. The Bertz CT molecular complexity index is 1010. The van der Waals surface area contributed by atoms with Gasteiger partial charge in [0.1, 0.15) is 11.8 Å². The monoisotopic (exact) mass is 433 g/mol. The van der Waals surface area contributed by atoms with E-state index >= 15 is 0 Å². The number of hydrogen-bond donors (Lipinski definition) is 2. The van der Waals surface area contributed by atoms with E-state index in [1.807, 2.05) is 23.1 Å². The Hall–Kier alpha value is -3.27. The maximum Gasteiger partial charge on any atom is 0.268 e. The van der Waals surface area contributed by atoms with Gasteiger partial charge in [-0.25, -0.2) is 0 Å². The van der Waals surface area contributed by atoms with Crippen LogP contribution in [0.2, 0.25) is 0 Å². The van der Waals surface area contributed by atoms with E-state index < -0.39 is 0 Å². The number of nitrogens with one attached hydrogen (secondary N) is 2. The smallest absolute Gasteiger partial charge is 0.268 e. The molecule has 2 fully saturated rings. The summed E-state index contributed by atoms with van der Waals surface area (Å²) >= 11 is 0. The highest BCUT2D eigenvalue weighted by Gasteiger charge is 2.36. The summed E-state index contributed by atoms with van der Waals surface area (Å²) in [4.78, 5) is 33.0. The Labute approximate surface area is 189 Å². The van der Waals surface area contributed by atoms with Crippen LogP contribution in [0.5, 0.6) is 0 Å². The molecule has 1 aromatic heterocycles. The molecule has 0 spiro atoms. The lowest BCUT2D eigenvalue weighted by Gasteiger charge is -2.42. The summed E-state index contributed by atoms with van der Waals surface area (Å²) in [5, 5.41) is 12.1. The van der Waals surface area contributed by atoms with Gasteiger partial charge in [-0.1, -0.05) is 25.1 Å². The highest BCUT2D eigenvalue weighted by atomic mass is 16.2. The lowest BCUT2D eigenvalue weighted by molar-refractivity contribution is -0.132. The molecule has 168 valence electrons. The molecule has 2 aliphatic rings. The SMILES string of the molecule is CCC1(NC(=O)c2cc(C#N)c[nH]2)CCN(C(=O)Cc2ccccc2N2CCCC2)CC1. The fourth-order valence-corrected chi connectivity index (χ4v) is 4.85. The number of piperidine rings is 1. The normalized spacial score (nSPS) is 17.8. The molecule has 2 N–H and O–H groups in total. The summed E-state index contributed by atoms with van der Waals surface area (Å²) in [6, 6.07) is 11.8. The second kappa shape index (κ2) is 9.47. The minimum Gasteiger partial charge on any atom is -0.371 e. The number of nitriles is 1. The number of carbonyl (C=O) groups excluding carboxylic acids is 2. The largest absolute Gasteiger partial charge is 0.371 e. The fraction of sp³-hybridized carbons (Fsp3) is 0.480. The number of anilines is 1. The second-order valence-electron chi connectivity index (χ2n) is 8.88.